The number of hydrogen-bond acceptors (Lipinski definition) is 3. The fourth-order valence-corrected chi connectivity index (χ4v) is 2.84. The quantitative estimate of drug-likeness (QED) is 0.859. The molecule has 1 saturated carbocycles. The maximum Gasteiger partial charge on any atom is 0.251 e. The van der Waals surface area contributed by atoms with E-state index >= 15 is 0 Å². The van der Waals surface area contributed by atoms with E-state index in [0.29, 0.717) is 19.4 Å². The molecule has 2 rings (SSSR count). The van der Waals surface area contributed by atoms with E-state index in [1.165, 1.54) is 0 Å². The van der Waals surface area contributed by atoms with Gasteiger partial charge in [0, 0.05) is 18.8 Å². The fourth-order valence-electron chi connectivity index (χ4n) is 2.84. The summed E-state index contributed by atoms with van der Waals surface area (Å²) in [6.45, 7) is 7.44. The van der Waals surface area contributed by atoms with Gasteiger partial charge in [-0.1, -0.05) is 6.92 Å². The predicted molar refractivity (Wildman–Crippen MR) is 77.3 cm³/mol. The number of carbonyl (C=O) groups excluding carboxylic acids is 1. The minimum atomic E-state index is -1.13. The van der Waals surface area contributed by atoms with Crippen molar-refractivity contribution in [1.82, 2.24) is 15.1 Å². The number of hydrogen-bond donors (Lipinski definition) is 2. The van der Waals surface area contributed by atoms with Gasteiger partial charge in [-0.3, -0.25) is 9.48 Å². The molecule has 1 unspecified atom stereocenters. The van der Waals surface area contributed by atoms with E-state index in [9.17, 15) is 9.90 Å². The number of aromatic nitrogens is 2. The van der Waals surface area contributed by atoms with E-state index in [0.717, 1.165) is 30.8 Å². The molecule has 0 aromatic carbocycles. The minimum Gasteiger partial charge on any atom is -0.380 e. The van der Waals surface area contributed by atoms with Crippen LogP contribution in [0.3, 0.4) is 0 Å². The Morgan fingerprint density at radius 1 is 1.50 bits per heavy atom. The summed E-state index contributed by atoms with van der Waals surface area (Å²) in [6, 6.07) is 2.05. The lowest BCUT2D eigenvalue weighted by atomic mass is 10.0. The van der Waals surface area contributed by atoms with E-state index in [1.54, 1.807) is 0 Å². The highest BCUT2D eigenvalue weighted by Crippen LogP contribution is 2.29. The molecule has 1 amide bonds. The van der Waals surface area contributed by atoms with E-state index in [1.807, 2.05) is 24.6 Å². The lowest BCUT2D eigenvalue weighted by Gasteiger charge is -2.22. The molecule has 2 N–H and O–H groups in total. The highest BCUT2D eigenvalue weighted by molar-refractivity contribution is 5.85. The summed E-state index contributed by atoms with van der Waals surface area (Å²) in [5.74, 6) is 0.0668. The van der Waals surface area contributed by atoms with Crippen molar-refractivity contribution < 1.29 is 9.90 Å². The molecule has 1 aliphatic rings. The molecule has 0 radical (unpaired) electrons. The van der Waals surface area contributed by atoms with Crippen LogP contribution >= 0.6 is 0 Å². The van der Waals surface area contributed by atoms with Crippen LogP contribution in [0.4, 0.5) is 0 Å². The molecule has 1 atom stereocenters. The molecule has 1 aliphatic carbocycles. The summed E-state index contributed by atoms with van der Waals surface area (Å²) in [7, 11) is 0. The number of nitrogens with one attached hydrogen (secondary N) is 1. The molecule has 1 aromatic rings. The Hall–Kier alpha value is -1.36. The summed E-state index contributed by atoms with van der Waals surface area (Å²) in [6.07, 6.45) is 3.05. The molecule has 5 nitrogen and oxygen atoms in total. The van der Waals surface area contributed by atoms with Crippen LogP contribution in [0.1, 0.15) is 44.0 Å². The zero-order chi connectivity index (χ0) is 14.8. The standard InChI is InChI=1S/C15H25N3O2/c1-11(10-18-13(3)8-12(2)17-18)9-16-14(19)15(20)6-4-5-7-15/h8,11,20H,4-7,9-10H2,1-3H3,(H,16,19). The summed E-state index contributed by atoms with van der Waals surface area (Å²) >= 11 is 0. The third-order valence-electron chi connectivity index (χ3n) is 4.05. The van der Waals surface area contributed by atoms with Crippen molar-refractivity contribution >= 4 is 5.91 Å². The summed E-state index contributed by atoms with van der Waals surface area (Å²) in [5.41, 5.74) is 1.02. The van der Waals surface area contributed by atoms with Gasteiger partial charge in [0.25, 0.3) is 5.91 Å². The summed E-state index contributed by atoms with van der Waals surface area (Å²) in [4.78, 5) is 12.0. The third kappa shape index (κ3) is 3.39. The molecule has 0 saturated heterocycles. The second-order valence-electron chi connectivity index (χ2n) is 6.16. The Labute approximate surface area is 120 Å². The van der Waals surface area contributed by atoms with Crippen LogP contribution in [0.2, 0.25) is 0 Å². The van der Waals surface area contributed by atoms with E-state index in [-0.39, 0.29) is 11.8 Å². The SMILES string of the molecule is Cc1cc(C)n(CC(C)CNC(=O)C2(O)CCCC2)n1. The summed E-state index contributed by atoms with van der Waals surface area (Å²) in [5, 5.41) is 17.5. The van der Waals surface area contributed by atoms with Crippen molar-refractivity contribution in [2.75, 3.05) is 6.54 Å². The Balaban J connectivity index is 1.82. The van der Waals surface area contributed by atoms with Crippen molar-refractivity contribution in [3.63, 3.8) is 0 Å². The minimum absolute atomic E-state index is 0.213. The molecule has 1 aromatic heterocycles. The third-order valence-corrected chi connectivity index (χ3v) is 4.05. The Kier molecular flexibility index (Phi) is 4.48. The highest BCUT2D eigenvalue weighted by Gasteiger charge is 2.38. The molecule has 1 fully saturated rings. The maximum atomic E-state index is 12.0. The molecule has 5 heteroatoms. The van der Waals surface area contributed by atoms with E-state index in [4.69, 9.17) is 0 Å². The van der Waals surface area contributed by atoms with E-state index in [2.05, 4.69) is 17.3 Å². The van der Waals surface area contributed by atoms with Gasteiger partial charge in [0.1, 0.15) is 5.60 Å². The van der Waals surface area contributed by atoms with Crippen LogP contribution < -0.4 is 5.32 Å². The fraction of sp³-hybridized carbons (Fsp3) is 0.733. The molecule has 0 bridgehead atoms. The number of amides is 1. The highest BCUT2D eigenvalue weighted by atomic mass is 16.3. The van der Waals surface area contributed by atoms with Crippen LogP contribution in [0.25, 0.3) is 0 Å². The molecule has 1 heterocycles. The van der Waals surface area contributed by atoms with Gasteiger partial charge in [-0.15, -0.1) is 0 Å². The number of aliphatic hydroxyl groups is 1. The first-order valence-electron chi connectivity index (χ1n) is 7.42. The Bertz CT molecular complexity index is 475. The van der Waals surface area contributed by atoms with Gasteiger partial charge >= 0.3 is 0 Å². The van der Waals surface area contributed by atoms with Gasteiger partial charge in [0.2, 0.25) is 0 Å². The molecule has 112 valence electrons. The summed E-state index contributed by atoms with van der Waals surface area (Å²) < 4.78 is 1.97. The van der Waals surface area contributed by atoms with Crippen molar-refractivity contribution in [3.8, 4) is 0 Å². The monoisotopic (exact) mass is 279 g/mol. The number of aryl methyl sites for hydroxylation is 2. The largest absolute Gasteiger partial charge is 0.380 e. The van der Waals surface area contributed by atoms with Crippen LogP contribution in [-0.2, 0) is 11.3 Å². The zero-order valence-corrected chi connectivity index (χ0v) is 12.6. The van der Waals surface area contributed by atoms with Crippen molar-refractivity contribution in [1.29, 1.82) is 0 Å². The normalized spacial score (nSPS) is 19.0. The Morgan fingerprint density at radius 3 is 2.70 bits per heavy atom. The first kappa shape index (κ1) is 15.0. The van der Waals surface area contributed by atoms with Gasteiger partial charge in [0.15, 0.2) is 0 Å². The van der Waals surface area contributed by atoms with Gasteiger partial charge in [-0.2, -0.15) is 5.10 Å². The average molecular weight is 279 g/mol. The van der Waals surface area contributed by atoms with Gasteiger partial charge in [-0.25, -0.2) is 0 Å². The molecular weight excluding hydrogens is 254 g/mol. The van der Waals surface area contributed by atoms with Crippen LogP contribution in [0.5, 0.6) is 0 Å². The van der Waals surface area contributed by atoms with Gasteiger partial charge in [-0.05, 0) is 51.5 Å². The lowest BCUT2D eigenvalue weighted by molar-refractivity contribution is -0.139. The number of rotatable bonds is 5. The predicted octanol–water partition coefficient (Wildman–Crippen LogP) is 1.56. The average Bonchev–Trinajstić information content (AvgIpc) is 2.94. The first-order valence-corrected chi connectivity index (χ1v) is 7.42. The van der Waals surface area contributed by atoms with Gasteiger partial charge in [0.05, 0.1) is 5.69 Å². The molecule has 0 spiro atoms. The topological polar surface area (TPSA) is 67.2 Å². The van der Waals surface area contributed by atoms with Crippen LogP contribution in [0, 0.1) is 19.8 Å². The lowest BCUT2D eigenvalue weighted by Crippen LogP contribution is -2.46. The van der Waals surface area contributed by atoms with Crippen molar-refractivity contribution in [2.45, 2.75) is 58.6 Å². The van der Waals surface area contributed by atoms with Gasteiger partial charge < -0.3 is 10.4 Å². The maximum absolute atomic E-state index is 12.0. The zero-order valence-electron chi connectivity index (χ0n) is 12.6. The number of nitrogens with zero attached hydrogens (tertiary/aromatic N) is 2. The second-order valence-corrected chi connectivity index (χ2v) is 6.16. The second kappa shape index (κ2) is 5.95. The van der Waals surface area contributed by atoms with Crippen LogP contribution in [-0.4, -0.2) is 32.9 Å². The van der Waals surface area contributed by atoms with Crippen molar-refractivity contribution in [3.05, 3.63) is 17.5 Å². The smallest absolute Gasteiger partial charge is 0.251 e. The molecular formula is C15H25N3O2. The molecule has 20 heavy (non-hydrogen) atoms. The first-order chi connectivity index (χ1) is 9.40. The van der Waals surface area contributed by atoms with Crippen LogP contribution in [0.15, 0.2) is 6.07 Å². The number of carbonyl (C=O) groups is 1. The van der Waals surface area contributed by atoms with E-state index < -0.39 is 5.60 Å². The Morgan fingerprint density at radius 2 is 2.15 bits per heavy atom. The molecule has 0 aliphatic heterocycles. The van der Waals surface area contributed by atoms with Crippen molar-refractivity contribution in [2.24, 2.45) is 5.92 Å².